The van der Waals surface area contributed by atoms with Crippen LogP contribution < -0.4 is 5.32 Å². The zero-order valence-corrected chi connectivity index (χ0v) is 11.8. The fourth-order valence-electron chi connectivity index (χ4n) is 1.62. The summed E-state index contributed by atoms with van der Waals surface area (Å²) < 4.78 is 0. The van der Waals surface area contributed by atoms with E-state index in [-0.39, 0.29) is 0 Å². The van der Waals surface area contributed by atoms with E-state index in [1.165, 1.54) is 11.3 Å². The van der Waals surface area contributed by atoms with Gasteiger partial charge in [0.05, 0.1) is 5.69 Å². The maximum atomic E-state index is 11.1. The summed E-state index contributed by atoms with van der Waals surface area (Å²) in [4.78, 5) is 15.5. The highest BCUT2D eigenvalue weighted by molar-refractivity contribution is 7.80. The molecule has 100 valence electrons. The van der Waals surface area contributed by atoms with Crippen LogP contribution in [0.25, 0.3) is 11.3 Å². The van der Waals surface area contributed by atoms with E-state index in [1.807, 2.05) is 35.7 Å². The molecule has 1 atom stereocenters. The number of hydrogen-bond donors (Lipinski definition) is 3. The summed E-state index contributed by atoms with van der Waals surface area (Å²) in [5.41, 5.74) is 1.87. The zero-order chi connectivity index (χ0) is 13.7. The van der Waals surface area contributed by atoms with E-state index >= 15 is 0 Å². The largest absolute Gasteiger partial charge is 0.480 e. The number of thiol groups is 1. The van der Waals surface area contributed by atoms with Crippen LogP contribution in [-0.2, 0) is 4.79 Å². The number of nitrogens with zero attached hydrogens (tertiary/aromatic N) is 1. The Hall–Kier alpha value is -1.53. The third-order valence-corrected chi connectivity index (χ3v) is 3.62. The SMILES string of the molecule is O=C(O)C(CCS)Nc1nc(-c2ccccc2)cs1. The van der Waals surface area contributed by atoms with Gasteiger partial charge in [0.1, 0.15) is 6.04 Å². The van der Waals surface area contributed by atoms with Crippen LogP contribution in [0.5, 0.6) is 0 Å². The first-order valence-corrected chi connectivity index (χ1v) is 7.33. The zero-order valence-electron chi connectivity index (χ0n) is 10.1. The minimum Gasteiger partial charge on any atom is -0.480 e. The molecule has 1 heterocycles. The Morgan fingerprint density at radius 3 is 2.79 bits per heavy atom. The standard InChI is InChI=1S/C13H14N2O2S2/c16-12(17)10(6-7-18)14-13-15-11(8-19-13)9-4-2-1-3-5-9/h1-5,8,10,18H,6-7H2,(H,14,15)(H,16,17). The summed E-state index contributed by atoms with van der Waals surface area (Å²) in [6, 6.07) is 9.14. The second kappa shape index (κ2) is 6.58. The number of anilines is 1. The number of hydrogen-bond acceptors (Lipinski definition) is 5. The molecular formula is C13H14N2O2S2. The lowest BCUT2D eigenvalue weighted by atomic mass is 10.2. The van der Waals surface area contributed by atoms with Crippen molar-refractivity contribution in [1.82, 2.24) is 4.98 Å². The fraction of sp³-hybridized carbons (Fsp3) is 0.231. The summed E-state index contributed by atoms with van der Waals surface area (Å²) in [5, 5.41) is 14.5. The number of thiazole rings is 1. The Morgan fingerprint density at radius 1 is 1.42 bits per heavy atom. The van der Waals surface area contributed by atoms with Gasteiger partial charge in [-0.25, -0.2) is 9.78 Å². The third kappa shape index (κ3) is 3.71. The van der Waals surface area contributed by atoms with Gasteiger partial charge in [0, 0.05) is 10.9 Å². The average Bonchev–Trinajstić information content (AvgIpc) is 2.88. The first-order chi connectivity index (χ1) is 9.20. The van der Waals surface area contributed by atoms with Gasteiger partial charge in [0.25, 0.3) is 0 Å². The maximum Gasteiger partial charge on any atom is 0.326 e. The first kappa shape index (κ1) is 13.9. The highest BCUT2D eigenvalue weighted by Gasteiger charge is 2.17. The molecule has 0 saturated heterocycles. The number of benzene rings is 1. The molecule has 19 heavy (non-hydrogen) atoms. The van der Waals surface area contributed by atoms with Gasteiger partial charge >= 0.3 is 5.97 Å². The third-order valence-electron chi connectivity index (χ3n) is 2.59. The van der Waals surface area contributed by atoms with Gasteiger partial charge in [-0.05, 0) is 12.2 Å². The quantitative estimate of drug-likeness (QED) is 0.717. The molecule has 1 unspecified atom stereocenters. The Labute approximate surface area is 120 Å². The minimum atomic E-state index is -0.884. The van der Waals surface area contributed by atoms with Crippen molar-refractivity contribution >= 4 is 35.1 Å². The van der Waals surface area contributed by atoms with Gasteiger partial charge in [-0.3, -0.25) is 0 Å². The summed E-state index contributed by atoms with van der Waals surface area (Å²) in [7, 11) is 0. The molecule has 4 nitrogen and oxygen atoms in total. The van der Waals surface area contributed by atoms with Crippen LogP contribution in [0.3, 0.4) is 0 Å². The van der Waals surface area contributed by atoms with Crippen LogP contribution in [0.15, 0.2) is 35.7 Å². The molecule has 6 heteroatoms. The predicted molar refractivity (Wildman–Crippen MR) is 81.1 cm³/mol. The summed E-state index contributed by atoms with van der Waals surface area (Å²) >= 11 is 5.47. The smallest absolute Gasteiger partial charge is 0.326 e. The predicted octanol–water partition coefficient (Wildman–Crippen LogP) is 3.00. The van der Waals surface area contributed by atoms with Crippen molar-refractivity contribution in [3.63, 3.8) is 0 Å². The van der Waals surface area contributed by atoms with Crippen molar-refractivity contribution in [2.45, 2.75) is 12.5 Å². The second-order valence-electron chi connectivity index (χ2n) is 3.95. The monoisotopic (exact) mass is 294 g/mol. The molecule has 0 saturated carbocycles. The molecule has 0 aliphatic heterocycles. The molecule has 2 aromatic rings. The lowest BCUT2D eigenvalue weighted by Gasteiger charge is -2.11. The number of aromatic nitrogens is 1. The molecule has 1 aromatic carbocycles. The first-order valence-electron chi connectivity index (χ1n) is 5.82. The molecular weight excluding hydrogens is 280 g/mol. The van der Waals surface area contributed by atoms with Crippen LogP contribution in [0, 0.1) is 0 Å². The van der Waals surface area contributed by atoms with E-state index < -0.39 is 12.0 Å². The highest BCUT2D eigenvalue weighted by atomic mass is 32.1. The number of carbonyl (C=O) groups is 1. The Kier molecular flexibility index (Phi) is 4.81. The van der Waals surface area contributed by atoms with Gasteiger partial charge in [-0.2, -0.15) is 12.6 Å². The van der Waals surface area contributed by atoms with Crippen molar-refractivity contribution in [2.75, 3.05) is 11.1 Å². The molecule has 0 fully saturated rings. The fourth-order valence-corrected chi connectivity index (χ4v) is 2.65. The van der Waals surface area contributed by atoms with Crippen molar-refractivity contribution in [3.8, 4) is 11.3 Å². The highest BCUT2D eigenvalue weighted by Crippen LogP contribution is 2.25. The molecule has 2 N–H and O–H groups in total. The lowest BCUT2D eigenvalue weighted by Crippen LogP contribution is -2.29. The van der Waals surface area contributed by atoms with Gasteiger partial charge in [0.15, 0.2) is 5.13 Å². The number of carboxylic acid groups (broad SMARTS) is 1. The van der Waals surface area contributed by atoms with Gasteiger partial charge in [-0.15, -0.1) is 11.3 Å². The molecule has 0 spiro atoms. The van der Waals surface area contributed by atoms with Crippen LogP contribution >= 0.6 is 24.0 Å². The van der Waals surface area contributed by atoms with E-state index in [2.05, 4.69) is 22.9 Å². The Balaban J connectivity index is 2.11. The van der Waals surface area contributed by atoms with Gasteiger partial charge in [0.2, 0.25) is 0 Å². The van der Waals surface area contributed by atoms with Gasteiger partial charge in [-0.1, -0.05) is 30.3 Å². The summed E-state index contributed by atoms with van der Waals surface area (Å²) in [5.74, 6) is -0.369. The van der Waals surface area contributed by atoms with Crippen molar-refractivity contribution in [3.05, 3.63) is 35.7 Å². The number of carboxylic acids is 1. The summed E-state index contributed by atoms with van der Waals surface area (Å²) in [6.45, 7) is 0. The average molecular weight is 294 g/mol. The molecule has 1 aromatic heterocycles. The molecule has 0 amide bonds. The van der Waals surface area contributed by atoms with Crippen molar-refractivity contribution in [1.29, 1.82) is 0 Å². The van der Waals surface area contributed by atoms with Crippen LogP contribution in [0.1, 0.15) is 6.42 Å². The number of rotatable bonds is 6. The van der Waals surface area contributed by atoms with Crippen LogP contribution in [-0.4, -0.2) is 27.9 Å². The number of aliphatic carboxylic acids is 1. The van der Waals surface area contributed by atoms with Crippen LogP contribution in [0.4, 0.5) is 5.13 Å². The van der Waals surface area contributed by atoms with E-state index in [9.17, 15) is 4.79 Å². The Morgan fingerprint density at radius 2 is 2.16 bits per heavy atom. The molecule has 0 radical (unpaired) electrons. The molecule has 0 aliphatic rings. The van der Waals surface area contributed by atoms with Crippen LogP contribution in [0.2, 0.25) is 0 Å². The van der Waals surface area contributed by atoms with Crippen molar-refractivity contribution in [2.24, 2.45) is 0 Å². The summed E-state index contributed by atoms with van der Waals surface area (Å²) in [6.07, 6.45) is 0.457. The minimum absolute atomic E-state index is 0.457. The van der Waals surface area contributed by atoms with Crippen molar-refractivity contribution < 1.29 is 9.90 Å². The van der Waals surface area contributed by atoms with Gasteiger partial charge < -0.3 is 10.4 Å². The molecule has 0 aliphatic carbocycles. The van der Waals surface area contributed by atoms with E-state index in [0.717, 1.165) is 11.3 Å². The van der Waals surface area contributed by atoms with E-state index in [0.29, 0.717) is 17.3 Å². The topological polar surface area (TPSA) is 62.2 Å². The second-order valence-corrected chi connectivity index (χ2v) is 5.26. The normalized spacial score (nSPS) is 12.1. The lowest BCUT2D eigenvalue weighted by molar-refractivity contribution is -0.137. The molecule has 2 rings (SSSR count). The maximum absolute atomic E-state index is 11.1. The molecule has 0 bridgehead atoms. The van der Waals surface area contributed by atoms with E-state index in [4.69, 9.17) is 5.11 Å². The van der Waals surface area contributed by atoms with E-state index in [1.54, 1.807) is 0 Å². The number of nitrogens with one attached hydrogen (secondary N) is 1. The Bertz CT molecular complexity index is 543.